The zero-order valence-corrected chi connectivity index (χ0v) is 9.81. The van der Waals surface area contributed by atoms with Crippen LogP contribution in [0.1, 0.15) is 25.8 Å². The van der Waals surface area contributed by atoms with Gasteiger partial charge in [-0.1, -0.05) is 18.2 Å². The summed E-state index contributed by atoms with van der Waals surface area (Å²) in [4.78, 5) is 13.9. The molecule has 1 amide bonds. The molecule has 2 rings (SSSR count). The van der Waals surface area contributed by atoms with E-state index in [0.29, 0.717) is 0 Å². The number of hydrogen-bond donors (Lipinski definition) is 1. The van der Waals surface area contributed by atoms with Crippen molar-refractivity contribution in [1.29, 1.82) is 0 Å². The van der Waals surface area contributed by atoms with Crippen LogP contribution in [0, 0.1) is 0 Å². The fraction of sp³-hybridized carbons (Fsp3) is 0.462. The number of nitrogens with two attached hydrogens (primary N) is 1. The maximum absolute atomic E-state index is 12.1. The number of carbonyl (C=O) groups excluding carboxylic acids is 1. The molecule has 1 aliphatic rings. The monoisotopic (exact) mass is 218 g/mol. The van der Waals surface area contributed by atoms with Gasteiger partial charge < -0.3 is 10.6 Å². The second-order valence-corrected chi connectivity index (χ2v) is 4.51. The Hall–Kier alpha value is -1.35. The van der Waals surface area contributed by atoms with Gasteiger partial charge in [0.1, 0.15) is 0 Å². The van der Waals surface area contributed by atoms with Crippen LogP contribution in [0.25, 0.3) is 0 Å². The molecule has 1 aliphatic heterocycles. The summed E-state index contributed by atoms with van der Waals surface area (Å²) in [5.41, 5.74) is 7.97. The van der Waals surface area contributed by atoms with Crippen molar-refractivity contribution in [3.05, 3.63) is 29.8 Å². The summed E-state index contributed by atoms with van der Waals surface area (Å²) in [5.74, 6) is 0.0136. The molecule has 1 aromatic carbocycles. The molecule has 2 atom stereocenters. The maximum Gasteiger partial charge on any atom is 0.243 e. The van der Waals surface area contributed by atoms with Crippen LogP contribution < -0.4 is 10.6 Å². The minimum absolute atomic E-state index is 0.0136. The first-order chi connectivity index (χ1) is 7.61. The average molecular weight is 218 g/mol. The number of aryl methyl sites for hydroxylation is 1. The van der Waals surface area contributed by atoms with Crippen LogP contribution in [0.15, 0.2) is 24.3 Å². The van der Waals surface area contributed by atoms with Gasteiger partial charge in [-0.15, -0.1) is 0 Å². The van der Waals surface area contributed by atoms with Gasteiger partial charge >= 0.3 is 0 Å². The third-order valence-corrected chi connectivity index (χ3v) is 3.15. The standard InChI is InChI=1S/C13H18N2O/c1-9-7-8-11-5-3-4-6-12(11)15(9)13(16)10(2)14/h3-6,9-10H,7-8,14H2,1-2H3/t9?,10-/m1/s1. The van der Waals surface area contributed by atoms with Gasteiger partial charge in [-0.2, -0.15) is 0 Å². The molecule has 0 fully saturated rings. The topological polar surface area (TPSA) is 46.3 Å². The van der Waals surface area contributed by atoms with Crippen molar-refractivity contribution in [1.82, 2.24) is 0 Å². The molecule has 1 unspecified atom stereocenters. The van der Waals surface area contributed by atoms with Gasteiger partial charge in [-0.3, -0.25) is 4.79 Å². The van der Waals surface area contributed by atoms with Gasteiger partial charge in [-0.05, 0) is 38.3 Å². The van der Waals surface area contributed by atoms with Crippen LogP contribution in [-0.2, 0) is 11.2 Å². The molecule has 3 heteroatoms. The molecule has 0 spiro atoms. The second-order valence-electron chi connectivity index (χ2n) is 4.51. The fourth-order valence-electron chi connectivity index (χ4n) is 2.24. The number of para-hydroxylation sites is 1. The number of fused-ring (bicyclic) bond motifs is 1. The first-order valence-corrected chi connectivity index (χ1v) is 5.78. The summed E-state index contributed by atoms with van der Waals surface area (Å²) in [6, 6.07) is 7.89. The summed E-state index contributed by atoms with van der Waals surface area (Å²) >= 11 is 0. The van der Waals surface area contributed by atoms with E-state index < -0.39 is 6.04 Å². The highest BCUT2D eigenvalue weighted by atomic mass is 16.2. The summed E-state index contributed by atoms with van der Waals surface area (Å²) in [7, 11) is 0. The Balaban J connectivity index is 2.40. The minimum atomic E-state index is -0.436. The molecular formula is C13H18N2O. The van der Waals surface area contributed by atoms with Gasteiger partial charge in [0.15, 0.2) is 0 Å². The van der Waals surface area contributed by atoms with E-state index in [9.17, 15) is 4.79 Å². The fourth-order valence-corrected chi connectivity index (χ4v) is 2.24. The van der Waals surface area contributed by atoms with Crippen molar-refractivity contribution in [2.75, 3.05) is 4.90 Å². The molecule has 2 N–H and O–H groups in total. The second kappa shape index (κ2) is 4.26. The molecule has 0 radical (unpaired) electrons. The van der Waals surface area contributed by atoms with E-state index in [4.69, 9.17) is 5.73 Å². The molecule has 1 heterocycles. The first kappa shape index (κ1) is 11.1. The van der Waals surface area contributed by atoms with Crippen LogP contribution in [0.3, 0.4) is 0 Å². The van der Waals surface area contributed by atoms with Crippen LogP contribution in [0.2, 0.25) is 0 Å². The molecule has 16 heavy (non-hydrogen) atoms. The quantitative estimate of drug-likeness (QED) is 0.780. The summed E-state index contributed by atoms with van der Waals surface area (Å²) < 4.78 is 0. The highest BCUT2D eigenvalue weighted by molar-refractivity contribution is 5.98. The molecule has 86 valence electrons. The number of carbonyl (C=O) groups is 1. The molecule has 0 saturated carbocycles. The van der Waals surface area contributed by atoms with Crippen molar-refractivity contribution in [2.45, 2.75) is 38.8 Å². The zero-order chi connectivity index (χ0) is 11.7. The minimum Gasteiger partial charge on any atom is -0.320 e. The van der Waals surface area contributed by atoms with Gasteiger partial charge in [-0.25, -0.2) is 0 Å². The highest BCUT2D eigenvalue weighted by Crippen LogP contribution is 2.30. The number of amides is 1. The Kier molecular flexibility index (Phi) is 2.97. The number of rotatable bonds is 1. The van der Waals surface area contributed by atoms with E-state index in [-0.39, 0.29) is 11.9 Å². The third kappa shape index (κ3) is 1.83. The Labute approximate surface area is 96.2 Å². The molecule has 3 nitrogen and oxygen atoms in total. The number of anilines is 1. The van der Waals surface area contributed by atoms with Crippen molar-refractivity contribution >= 4 is 11.6 Å². The molecule has 0 aliphatic carbocycles. The molecule has 0 saturated heterocycles. The predicted octanol–water partition coefficient (Wildman–Crippen LogP) is 1.70. The van der Waals surface area contributed by atoms with E-state index in [1.807, 2.05) is 23.1 Å². The lowest BCUT2D eigenvalue weighted by molar-refractivity contribution is -0.120. The van der Waals surface area contributed by atoms with Gasteiger partial charge in [0.2, 0.25) is 5.91 Å². The number of benzene rings is 1. The predicted molar refractivity (Wildman–Crippen MR) is 65.4 cm³/mol. The summed E-state index contributed by atoms with van der Waals surface area (Å²) in [6.07, 6.45) is 2.05. The average Bonchev–Trinajstić information content (AvgIpc) is 2.28. The maximum atomic E-state index is 12.1. The lowest BCUT2D eigenvalue weighted by atomic mass is 9.96. The van der Waals surface area contributed by atoms with Crippen LogP contribution >= 0.6 is 0 Å². The van der Waals surface area contributed by atoms with E-state index >= 15 is 0 Å². The molecule has 0 aromatic heterocycles. The van der Waals surface area contributed by atoms with E-state index in [1.54, 1.807) is 6.92 Å². The number of hydrogen-bond acceptors (Lipinski definition) is 2. The van der Waals surface area contributed by atoms with Gasteiger partial charge in [0, 0.05) is 11.7 Å². The Bertz CT molecular complexity index is 401. The van der Waals surface area contributed by atoms with Crippen molar-refractivity contribution in [3.63, 3.8) is 0 Å². The summed E-state index contributed by atoms with van der Waals surface area (Å²) in [6.45, 7) is 3.82. The van der Waals surface area contributed by atoms with Gasteiger partial charge in [0.25, 0.3) is 0 Å². The van der Waals surface area contributed by atoms with Crippen LogP contribution in [-0.4, -0.2) is 18.0 Å². The van der Waals surface area contributed by atoms with Crippen molar-refractivity contribution < 1.29 is 4.79 Å². The van der Waals surface area contributed by atoms with Crippen LogP contribution in [0.4, 0.5) is 5.69 Å². The van der Waals surface area contributed by atoms with E-state index in [0.717, 1.165) is 18.5 Å². The summed E-state index contributed by atoms with van der Waals surface area (Å²) in [5, 5.41) is 0. The SMILES string of the molecule is CC1CCc2ccccc2N1C(=O)[C@@H](C)N. The van der Waals surface area contributed by atoms with Crippen LogP contribution in [0.5, 0.6) is 0 Å². The Morgan fingerprint density at radius 1 is 1.50 bits per heavy atom. The Morgan fingerprint density at radius 3 is 2.88 bits per heavy atom. The zero-order valence-electron chi connectivity index (χ0n) is 9.81. The number of nitrogens with zero attached hydrogens (tertiary/aromatic N) is 1. The lowest BCUT2D eigenvalue weighted by Gasteiger charge is -2.36. The lowest BCUT2D eigenvalue weighted by Crippen LogP contribution is -2.48. The van der Waals surface area contributed by atoms with Crippen molar-refractivity contribution in [2.24, 2.45) is 5.73 Å². The molecule has 1 aromatic rings. The molecular weight excluding hydrogens is 200 g/mol. The van der Waals surface area contributed by atoms with Gasteiger partial charge in [0.05, 0.1) is 6.04 Å². The van der Waals surface area contributed by atoms with E-state index in [2.05, 4.69) is 13.0 Å². The largest absolute Gasteiger partial charge is 0.320 e. The normalized spacial score (nSPS) is 21.4. The van der Waals surface area contributed by atoms with E-state index in [1.165, 1.54) is 5.56 Å². The first-order valence-electron chi connectivity index (χ1n) is 5.78. The van der Waals surface area contributed by atoms with Crippen molar-refractivity contribution in [3.8, 4) is 0 Å². The molecule has 0 bridgehead atoms. The Morgan fingerprint density at radius 2 is 2.19 bits per heavy atom. The highest BCUT2D eigenvalue weighted by Gasteiger charge is 2.29. The third-order valence-electron chi connectivity index (χ3n) is 3.15. The smallest absolute Gasteiger partial charge is 0.243 e.